The van der Waals surface area contributed by atoms with Crippen LogP contribution in [0.2, 0.25) is 0 Å². The molecule has 1 N–H and O–H groups in total. The molecule has 0 aromatic heterocycles. The van der Waals surface area contributed by atoms with E-state index in [1.807, 2.05) is 11.8 Å². The number of carbonyl (C=O) groups is 1. The predicted octanol–water partition coefficient (Wildman–Crippen LogP) is 4.15. The summed E-state index contributed by atoms with van der Waals surface area (Å²) < 4.78 is 19.7. The molecule has 1 unspecified atom stereocenters. The largest absolute Gasteiger partial charge is 0.490 e. The van der Waals surface area contributed by atoms with Gasteiger partial charge in [0.05, 0.1) is 12.7 Å². The van der Waals surface area contributed by atoms with E-state index in [9.17, 15) is 14.3 Å². The summed E-state index contributed by atoms with van der Waals surface area (Å²) in [6.45, 7) is 5.58. The van der Waals surface area contributed by atoms with Crippen LogP contribution < -0.4 is 4.74 Å². The zero-order valence-electron chi connectivity index (χ0n) is 15.8. The van der Waals surface area contributed by atoms with E-state index in [0.29, 0.717) is 37.1 Å². The Labute approximate surface area is 155 Å². The van der Waals surface area contributed by atoms with Gasteiger partial charge in [-0.25, -0.2) is 4.39 Å². The van der Waals surface area contributed by atoms with E-state index in [1.165, 1.54) is 6.07 Å². The fraction of sp³-hybridized carbons (Fsp3) is 0.667. The molecule has 1 aliphatic carbocycles. The van der Waals surface area contributed by atoms with Crippen molar-refractivity contribution in [3.05, 3.63) is 29.1 Å². The standard InChI is InChI=1S/C21H30FNO3/c1-3-4-9-26-20-11-18-17(10-19(20)22)13-23(21(18)25)12-15-5-7-16(8-6-15)14(2)24/h10-11,14-16,24H,3-9,12-13H2,1-2H3/t14?,15-,16-. The van der Waals surface area contributed by atoms with Gasteiger partial charge >= 0.3 is 0 Å². The SMILES string of the molecule is CCCCOc1cc2c(cc1F)CN(C[C@H]1CC[C@H](C(C)O)CC1)C2=O. The van der Waals surface area contributed by atoms with Crippen LogP contribution in [-0.4, -0.2) is 35.2 Å². The highest BCUT2D eigenvalue weighted by Crippen LogP contribution is 2.34. The van der Waals surface area contributed by atoms with Crippen LogP contribution in [0.1, 0.15) is 68.3 Å². The highest BCUT2D eigenvalue weighted by Gasteiger charge is 2.32. The summed E-state index contributed by atoms with van der Waals surface area (Å²) in [5, 5.41) is 9.73. The van der Waals surface area contributed by atoms with Gasteiger partial charge in [-0.3, -0.25) is 4.79 Å². The van der Waals surface area contributed by atoms with E-state index >= 15 is 0 Å². The van der Waals surface area contributed by atoms with Crippen molar-refractivity contribution >= 4 is 5.91 Å². The van der Waals surface area contributed by atoms with E-state index in [0.717, 1.165) is 44.1 Å². The Kier molecular flexibility index (Phi) is 6.17. The van der Waals surface area contributed by atoms with E-state index in [1.54, 1.807) is 6.07 Å². The van der Waals surface area contributed by atoms with Crippen molar-refractivity contribution in [3.8, 4) is 5.75 Å². The first-order valence-electron chi connectivity index (χ1n) is 9.92. The van der Waals surface area contributed by atoms with Crippen molar-refractivity contribution in [3.63, 3.8) is 0 Å². The Morgan fingerprint density at radius 3 is 2.69 bits per heavy atom. The molecular weight excluding hydrogens is 333 g/mol. The molecule has 1 fully saturated rings. The van der Waals surface area contributed by atoms with Crippen LogP contribution in [0.25, 0.3) is 0 Å². The molecule has 3 rings (SSSR count). The molecule has 1 saturated carbocycles. The fourth-order valence-corrected chi connectivity index (χ4v) is 4.12. The lowest BCUT2D eigenvalue weighted by Gasteiger charge is -2.32. The van der Waals surface area contributed by atoms with Crippen molar-refractivity contribution < 1.29 is 19.0 Å². The van der Waals surface area contributed by atoms with Gasteiger partial charge in [0, 0.05) is 18.7 Å². The second-order valence-electron chi connectivity index (χ2n) is 7.85. The minimum atomic E-state index is -0.382. The van der Waals surface area contributed by atoms with Crippen LogP contribution in [0.3, 0.4) is 0 Å². The monoisotopic (exact) mass is 363 g/mol. The smallest absolute Gasteiger partial charge is 0.254 e. The Morgan fingerprint density at radius 1 is 1.31 bits per heavy atom. The molecule has 1 amide bonds. The zero-order chi connectivity index (χ0) is 18.7. The molecule has 0 saturated heterocycles. The highest BCUT2D eigenvalue weighted by molar-refractivity contribution is 5.98. The third kappa shape index (κ3) is 4.20. The number of hydrogen-bond acceptors (Lipinski definition) is 3. The van der Waals surface area contributed by atoms with Gasteiger partial charge < -0.3 is 14.7 Å². The quantitative estimate of drug-likeness (QED) is 0.741. The van der Waals surface area contributed by atoms with Crippen LogP contribution in [0.15, 0.2) is 12.1 Å². The Balaban J connectivity index is 1.61. The number of fused-ring (bicyclic) bond motifs is 1. The molecule has 0 radical (unpaired) electrons. The maximum absolute atomic E-state index is 14.2. The lowest BCUT2D eigenvalue weighted by molar-refractivity contribution is 0.0647. The number of aliphatic hydroxyl groups is 1. The van der Waals surface area contributed by atoms with Crippen molar-refractivity contribution in [2.24, 2.45) is 11.8 Å². The summed E-state index contributed by atoms with van der Waals surface area (Å²) in [6.07, 6.45) is 5.71. The van der Waals surface area contributed by atoms with Crippen LogP contribution in [0.5, 0.6) is 5.75 Å². The fourth-order valence-electron chi connectivity index (χ4n) is 4.12. The van der Waals surface area contributed by atoms with E-state index in [-0.39, 0.29) is 23.6 Å². The Morgan fingerprint density at radius 2 is 2.04 bits per heavy atom. The summed E-state index contributed by atoms with van der Waals surface area (Å²) in [6, 6.07) is 3.03. The number of aliphatic hydroxyl groups excluding tert-OH is 1. The maximum Gasteiger partial charge on any atom is 0.254 e. The van der Waals surface area contributed by atoms with E-state index in [4.69, 9.17) is 4.74 Å². The summed E-state index contributed by atoms with van der Waals surface area (Å²) in [5.41, 5.74) is 1.34. The summed E-state index contributed by atoms with van der Waals surface area (Å²) >= 11 is 0. The maximum atomic E-state index is 14.2. The predicted molar refractivity (Wildman–Crippen MR) is 98.7 cm³/mol. The van der Waals surface area contributed by atoms with Gasteiger partial charge in [0.15, 0.2) is 11.6 Å². The Hall–Kier alpha value is -1.62. The first-order valence-corrected chi connectivity index (χ1v) is 9.92. The number of unbranched alkanes of at least 4 members (excludes halogenated alkanes) is 1. The lowest BCUT2D eigenvalue weighted by Crippen LogP contribution is -2.33. The topological polar surface area (TPSA) is 49.8 Å². The number of nitrogens with zero attached hydrogens (tertiary/aromatic N) is 1. The highest BCUT2D eigenvalue weighted by atomic mass is 19.1. The second-order valence-corrected chi connectivity index (χ2v) is 7.85. The van der Waals surface area contributed by atoms with E-state index < -0.39 is 0 Å². The van der Waals surface area contributed by atoms with Crippen LogP contribution in [0.4, 0.5) is 4.39 Å². The number of benzene rings is 1. The number of amides is 1. The molecule has 1 aliphatic heterocycles. The molecule has 0 spiro atoms. The first kappa shape index (κ1) is 19.2. The summed E-state index contributed by atoms with van der Waals surface area (Å²) in [5.74, 6) is 0.637. The van der Waals surface area contributed by atoms with Crippen molar-refractivity contribution in [2.45, 2.75) is 65.0 Å². The molecule has 1 aromatic carbocycles. The van der Waals surface area contributed by atoms with E-state index in [2.05, 4.69) is 6.92 Å². The molecule has 1 aromatic rings. The molecule has 1 heterocycles. The zero-order valence-corrected chi connectivity index (χ0v) is 15.8. The van der Waals surface area contributed by atoms with Gasteiger partial charge in [0.25, 0.3) is 5.91 Å². The molecule has 26 heavy (non-hydrogen) atoms. The molecule has 0 bridgehead atoms. The number of ether oxygens (including phenoxy) is 1. The van der Waals surface area contributed by atoms with Gasteiger partial charge in [0.1, 0.15) is 0 Å². The third-order valence-corrected chi connectivity index (χ3v) is 5.84. The summed E-state index contributed by atoms with van der Waals surface area (Å²) in [4.78, 5) is 14.6. The second kappa shape index (κ2) is 8.38. The van der Waals surface area contributed by atoms with Crippen LogP contribution in [0, 0.1) is 17.7 Å². The number of carbonyl (C=O) groups excluding carboxylic acids is 1. The molecule has 2 aliphatic rings. The minimum absolute atomic E-state index is 0.0157. The lowest BCUT2D eigenvalue weighted by atomic mass is 9.79. The van der Waals surface area contributed by atoms with Crippen molar-refractivity contribution in [1.82, 2.24) is 4.90 Å². The first-order chi connectivity index (χ1) is 12.5. The molecular formula is C21H30FNO3. The van der Waals surface area contributed by atoms with Crippen LogP contribution in [-0.2, 0) is 6.54 Å². The minimum Gasteiger partial charge on any atom is -0.490 e. The van der Waals surface area contributed by atoms with Crippen molar-refractivity contribution in [1.29, 1.82) is 0 Å². The average molecular weight is 363 g/mol. The molecule has 1 atom stereocenters. The Bertz CT molecular complexity index is 638. The van der Waals surface area contributed by atoms with Crippen molar-refractivity contribution in [2.75, 3.05) is 13.2 Å². The van der Waals surface area contributed by atoms with Gasteiger partial charge in [-0.2, -0.15) is 0 Å². The number of hydrogen-bond donors (Lipinski definition) is 1. The van der Waals surface area contributed by atoms with Gasteiger partial charge in [-0.1, -0.05) is 13.3 Å². The summed E-state index contributed by atoms with van der Waals surface area (Å²) in [7, 11) is 0. The number of rotatable bonds is 7. The number of halogens is 1. The molecule has 5 heteroatoms. The normalized spacial score (nSPS) is 23.8. The van der Waals surface area contributed by atoms with Gasteiger partial charge in [0.2, 0.25) is 0 Å². The molecule has 144 valence electrons. The van der Waals surface area contributed by atoms with Crippen LogP contribution >= 0.6 is 0 Å². The average Bonchev–Trinajstić information content (AvgIpc) is 2.91. The van der Waals surface area contributed by atoms with Gasteiger partial charge in [-0.05, 0) is 68.6 Å². The van der Waals surface area contributed by atoms with Gasteiger partial charge in [-0.15, -0.1) is 0 Å². The molecule has 4 nitrogen and oxygen atoms in total. The third-order valence-electron chi connectivity index (χ3n) is 5.84.